The number of rotatable bonds is 9. The first-order valence-corrected chi connectivity index (χ1v) is 10.8. The summed E-state index contributed by atoms with van der Waals surface area (Å²) < 4.78 is 13.3. The highest BCUT2D eigenvalue weighted by atomic mass is 35.5. The monoisotopic (exact) mass is 452 g/mol. The van der Waals surface area contributed by atoms with Crippen LogP contribution in [0.5, 0.6) is 0 Å². The predicted molar refractivity (Wildman–Crippen MR) is 119 cm³/mol. The molecule has 30 heavy (non-hydrogen) atoms. The Morgan fingerprint density at radius 1 is 1.07 bits per heavy atom. The number of nitrogens with zero attached hydrogens (tertiary/aromatic N) is 1. The van der Waals surface area contributed by atoms with Crippen LogP contribution in [0.4, 0.5) is 4.39 Å². The van der Waals surface area contributed by atoms with Gasteiger partial charge in [0.2, 0.25) is 11.8 Å². The van der Waals surface area contributed by atoms with Gasteiger partial charge in [0.1, 0.15) is 11.9 Å². The lowest BCUT2D eigenvalue weighted by atomic mass is 10.1. The number of nitrogens with one attached hydrogen (secondary N) is 1. The third-order valence-electron chi connectivity index (χ3n) is 5.01. The Labute approximate surface area is 187 Å². The van der Waals surface area contributed by atoms with Gasteiger partial charge in [0.05, 0.1) is 6.42 Å². The summed E-state index contributed by atoms with van der Waals surface area (Å²) in [5, 5.41) is 3.84. The lowest BCUT2D eigenvalue weighted by molar-refractivity contribution is -0.141. The molecule has 0 aromatic heterocycles. The molecule has 4 nitrogen and oxygen atoms in total. The van der Waals surface area contributed by atoms with Crippen molar-refractivity contribution in [1.29, 1.82) is 0 Å². The number of benzene rings is 2. The molecule has 2 rings (SSSR count). The van der Waals surface area contributed by atoms with Crippen LogP contribution in [0.2, 0.25) is 10.0 Å². The van der Waals surface area contributed by atoms with Crippen molar-refractivity contribution >= 4 is 35.0 Å². The molecule has 0 spiro atoms. The second-order valence-corrected chi connectivity index (χ2v) is 8.15. The minimum Gasteiger partial charge on any atom is -0.352 e. The molecule has 0 aliphatic heterocycles. The van der Waals surface area contributed by atoms with Crippen molar-refractivity contribution in [1.82, 2.24) is 10.2 Å². The third-order valence-corrected chi connectivity index (χ3v) is 5.60. The second kappa shape index (κ2) is 11.3. The molecule has 0 unspecified atom stereocenters. The Bertz CT molecular complexity index is 874. The smallest absolute Gasteiger partial charge is 0.243 e. The average Bonchev–Trinajstić information content (AvgIpc) is 2.71. The van der Waals surface area contributed by atoms with Gasteiger partial charge in [-0.3, -0.25) is 9.59 Å². The summed E-state index contributed by atoms with van der Waals surface area (Å²) in [6, 6.07) is 10.2. The number of hydrogen-bond donors (Lipinski definition) is 1. The van der Waals surface area contributed by atoms with Crippen LogP contribution in [0.25, 0.3) is 0 Å². The SMILES string of the molecule is CC[C@H](C(=O)N[C@@H](C)CC)N(Cc1ccc(F)cc1)C(=O)Cc1ccc(Cl)cc1Cl. The van der Waals surface area contributed by atoms with Crippen LogP contribution in [0.15, 0.2) is 42.5 Å². The van der Waals surface area contributed by atoms with E-state index in [-0.39, 0.29) is 36.6 Å². The molecular weight excluding hydrogens is 426 g/mol. The molecular formula is C23H27Cl2FN2O2. The molecule has 162 valence electrons. The number of carbonyl (C=O) groups is 2. The van der Waals surface area contributed by atoms with Crippen molar-refractivity contribution in [2.45, 2.75) is 58.7 Å². The zero-order valence-corrected chi connectivity index (χ0v) is 18.9. The van der Waals surface area contributed by atoms with Gasteiger partial charge in [-0.2, -0.15) is 0 Å². The van der Waals surface area contributed by atoms with E-state index in [1.807, 2.05) is 20.8 Å². The first-order valence-electron chi connectivity index (χ1n) is 10.0. The van der Waals surface area contributed by atoms with Crippen molar-refractivity contribution in [3.05, 3.63) is 69.5 Å². The van der Waals surface area contributed by atoms with E-state index < -0.39 is 6.04 Å². The van der Waals surface area contributed by atoms with Gasteiger partial charge < -0.3 is 10.2 Å². The van der Waals surface area contributed by atoms with E-state index in [0.29, 0.717) is 22.0 Å². The van der Waals surface area contributed by atoms with Crippen LogP contribution in [0.3, 0.4) is 0 Å². The standard InChI is InChI=1S/C23H27Cl2FN2O2/c1-4-15(3)27-23(30)21(5-2)28(14-16-6-10-19(26)11-7-16)22(29)12-17-8-9-18(24)13-20(17)25/h6-11,13,15,21H,4-5,12,14H2,1-3H3,(H,27,30)/t15-,21+/m0/s1. The maximum absolute atomic E-state index is 13.3. The molecule has 0 fully saturated rings. The molecule has 2 atom stereocenters. The highest BCUT2D eigenvalue weighted by Crippen LogP contribution is 2.23. The number of amides is 2. The van der Waals surface area contributed by atoms with Crippen LogP contribution in [-0.4, -0.2) is 28.8 Å². The number of hydrogen-bond acceptors (Lipinski definition) is 2. The van der Waals surface area contributed by atoms with E-state index in [2.05, 4.69) is 5.32 Å². The number of carbonyl (C=O) groups excluding carboxylic acids is 2. The van der Waals surface area contributed by atoms with Gasteiger partial charge in [0, 0.05) is 22.6 Å². The van der Waals surface area contributed by atoms with Crippen molar-refractivity contribution in [3.63, 3.8) is 0 Å². The van der Waals surface area contributed by atoms with Crippen molar-refractivity contribution < 1.29 is 14.0 Å². The van der Waals surface area contributed by atoms with Gasteiger partial charge in [-0.15, -0.1) is 0 Å². The average molecular weight is 453 g/mol. The maximum Gasteiger partial charge on any atom is 0.243 e. The molecule has 0 aliphatic carbocycles. The normalized spacial score (nSPS) is 12.9. The van der Waals surface area contributed by atoms with Crippen LogP contribution >= 0.6 is 23.2 Å². The molecule has 2 aromatic carbocycles. The summed E-state index contributed by atoms with van der Waals surface area (Å²) in [6.45, 7) is 5.96. The number of halogens is 3. The summed E-state index contributed by atoms with van der Waals surface area (Å²) in [5.74, 6) is -0.801. The zero-order valence-electron chi connectivity index (χ0n) is 17.4. The fourth-order valence-electron chi connectivity index (χ4n) is 3.08. The largest absolute Gasteiger partial charge is 0.352 e. The summed E-state index contributed by atoms with van der Waals surface area (Å²) in [5.41, 5.74) is 1.37. The molecule has 1 N–H and O–H groups in total. The Hall–Kier alpha value is -2.11. The first-order chi connectivity index (χ1) is 14.2. The fourth-order valence-corrected chi connectivity index (χ4v) is 3.55. The van der Waals surface area contributed by atoms with Crippen LogP contribution in [0, 0.1) is 5.82 Å². The van der Waals surface area contributed by atoms with Crippen molar-refractivity contribution in [3.8, 4) is 0 Å². The lowest BCUT2D eigenvalue weighted by Crippen LogP contribution is -2.51. The minimum atomic E-state index is -0.650. The first kappa shape index (κ1) is 24.2. The van der Waals surface area contributed by atoms with E-state index in [1.165, 1.54) is 17.0 Å². The molecule has 2 aromatic rings. The van der Waals surface area contributed by atoms with Crippen molar-refractivity contribution in [2.24, 2.45) is 0 Å². The van der Waals surface area contributed by atoms with Gasteiger partial charge in [-0.25, -0.2) is 4.39 Å². The van der Waals surface area contributed by atoms with Gasteiger partial charge in [-0.05, 0) is 55.2 Å². The minimum absolute atomic E-state index is 0.0000304. The molecule has 0 saturated heterocycles. The molecule has 0 radical (unpaired) electrons. The fraction of sp³-hybridized carbons (Fsp3) is 0.391. The predicted octanol–water partition coefficient (Wildman–Crippen LogP) is 5.40. The molecule has 2 amide bonds. The van der Waals surface area contributed by atoms with E-state index >= 15 is 0 Å². The summed E-state index contributed by atoms with van der Waals surface area (Å²) in [4.78, 5) is 27.7. The molecule has 0 heterocycles. The summed E-state index contributed by atoms with van der Waals surface area (Å²) in [7, 11) is 0. The van der Waals surface area contributed by atoms with Gasteiger partial charge in [-0.1, -0.05) is 55.2 Å². The van der Waals surface area contributed by atoms with Crippen LogP contribution < -0.4 is 5.32 Å². The van der Waals surface area contributed by atoms with E-state index in [0.717, 1.165) is 12.0 Å². The zero-order chi connectivity index (χ0) is 22.3. The van der Waals surface area contributed by atoms with Gasteiger partial charge in [0.25, 0.3) is 0 Å². The molecule has 0 aliphatic rings. The van der Waals surface area contributed by atoms with Crippen LogP contribution in [0.1, 0.15) is 44.7 Å². The lowest BCUT2D eigenvalue weighted by Gasteiger charge is -2.31. The van der Waals surface area contributed by atoms with E-state index in [9.17, 15) is 14.0 Å². The quantitative estimate of drug-likeness (QED) is 0.553. The van der Waals surface area contributed by atoms with E-state index in [1.54, 1.807) is 30.3 Å². The Balaban J connectivity index is 2.31. The summed E-state index contributed by atoms with van der Waals surface area (Å²) in [6.07, 6.45) is 1.27. The third kappa shape index (κ3) is 6.71. The highest BCUT2D eigenvalue weighted by molar-refractivity contribution is 6.35. The van der Waals surface area contributed by atoms with E-state index in [4.69, 9.17) is 23.2 Å². The van der Waals surface area contributed by atoms with Crippen LogP contribution in [-0.2, 0) is 22.6 Å². The molecule has 0 bridgehead atoms. The molecule has 0 saturated carbocycles. The summed E-state index contributed by atoms with van der Waals surface area (Å²) >= 11 is 12.2. The maximum atomic E-state index is 13.3. The Kier molecular flexibility index (Phi) is 9.12. The Morgan fingerprint density at radius 3 is 2.30 bits per heavy atom. The Morgan fingerprint density at radius 2 is 1.73 bits per heavy atom. The highest BCUT2D eigenvalue weighted by Gasteiger charge is 2.29. The molecule has 7 heteroatoms. The van der Waals surface area contributed by atoms with Gasteiger partial charge >= 0.3 is 0 Å². The van der Waals surface area contributed by atoms with Gasteiger partial charge in [0.15, 0.2) is 0 Å². The second-order valence-electron chi connectivity index (χ2n) is 7.30. The van der Waals surface area contributed by atoms with Crippen molar-refractivity contribution in [2.75, 3.05) is 0 Å². The topological polar surface area (TPSA) is 49.4 Å².